The molecule has 0 amide bonds. The molecule has 0 aliphatic carbocycles. The Balaban J connectivity index is 2.12. The quantitative estimate of drug-likeness (QED) is 0.748. The number of sulfonamides is 1. The Hall–Kier alpha value is -1.92. The van der Waals surface area contributed by atoms with Crippen molar-refractivity contribution in [3.05, 3.63) is 64.8 Å². The van der Waals surface area contributed by atoms with Gasteiger partial charge in [0.05, 0.1) is 11.2 Å². The van der Waals surface area contributed by atoms with E-state index >= 15 is 0 Å². The van der Waals surface area contributed by atoms with Crippen LogP contribution in [0.15, 0.2) is 64.0 Å². The normalized spacial score (nSPS) is 11.5. The average molecular weight is 377 g/mol. The fourth-order valence-electron chi connectivity index (χ4n) is 2.25. The molecular formula is C16H13BrN2O2S. The molecule has 0 bridgehead atoms. The summed E-state index contributed by atoms with van der Waals surface area (Å²) in [4.78, 5) is 4.61. The van der Waals surface area contributed by atoms with Gasteiger partial charge >= 0.3 is 0 Å². The van der Waals surface area contributed by atoms with Crippen LogP contribution in [0.1, 0.15) is 5.69 Å². The number of anilines is 1. The number of hydrogen-bond donors (Lipinski definition) is 1. The van der Waals surface area contributed by atoms with Gasteiger partial charge in [-0.1, -0.05) is 30.3 Å². The van der Waals surface area contributed by atoms with Crippen LogP contribution in [0.25, 0.3) is 10.9 Å². The second kappa shape index (κ2) is 5.70. The van der Waals surface area contributed by atoms with Crippen LogP contribution in [-0.4, -0.2) is 13.4 Å². The lowest BCUT2D eigenvalue weighted by Gasteiger charge is -2.12. The SMILES string of the molecule is Cc1cc(NS(=O)(=O)c2ccccc2Br)c2ccccc2n1. The first kappa shape index (κ1) is 15.0. The van der Waals surface area contributed by atoms with Crippen molar-refractivity contribution in [2.75, 3.05) is 4.72 Å². The topological polar surface area (TPSA) is 59.1 Å². The molecule has 0 fully saturated rings. The molecule has 1 N–H and O–H groups in total. The lowest BCUT2D eigenvalue weighted by Crippen LogP contribution is -2.14. The largest absolute Gasteiger partial charge is 0.279 e. The van der Waals surface area contributed by atoms with E-state index in [2.05, 4.69) is 25.6 Å². The summed E-state index contributed by atoms with van der Waals surface area (Å²) in [5.41, 5.74) is 2.04. The molecular weight excluding hydrogens is 364 g/mol. The van der Waals surface area contributed by atoms with E-state index in [-0.39, 0.29) is 4.90 Å². The van der Waals surface area contributed by atoms with Crippen molar-refractivity contribution in [1.29, 1.82) is 0 Å². The second-order valence-electron chi connectivity index (χ2n) is 4.86. The summed E-state index contributed by atoms with van der Waals surface area (Å²) in [6, 6.07) is 15.9. The van der Waals surface area contributed by atoms with Crippen molar-refractivity contribution in [3.63, 3.8) is 0 Å². The van der Waals surface area contributed by atoms with E-state index in [1.54, 1.807) is 30.3 Å². The molecule has 4 nitrogen and oxygen atoms in total. The smallest absolute Gasteiger partial charge is 0.263 e. The summed E-state index contributed by atoms with van der Waals surface area (Å²) in [5.74, 6) is 0. The lowest BCUT2D eigenvalue weighted by molar-refractivity contribution is 0.601. The molecule has 6 heteroatoms. The predicted octanol–water partition coefficient (Wildman–Crippen LogP) is 4.11. The molecule has 0 spiro atoms. The molecule has 0 aliphatic heterocycles. The highest BCUT2D eigenvalue weighted by Gasteiger charge is 2.18. The van der Waals surface area contributed by atoms with Crippen molar-refractivity contribution in [1.82, 2.24) is 4.98 Å². The first-order chi connectivity index (χ1) is 10.5. The van der Waals surface area contributed by atoms with Crippen LogP contribution in [0.3, 0.4) is 0 Å². The summed E-state index contributed by atoms with van der Waals surface area (Å²) in [7, 11) is -3.68. The van der Waals surface area contributed by atoms with Gasteiger partial charge in [0.2, 0.25) is 0 Å². The average Bonchev–Trinajstić information content (AvgIpc) is 2.47. The number of aryl methyl sites for hydroxylation is 1. The molecule has 0 atom stereocenters. The van der Waals surface area contributed by atoms with Crippen LogP contribution in [-0.2, 0) is 10.0 Å². The number of nitrogens with zero attached hydrogens (tertiary/aromatic N) is 1. The van der Waals surface area contributed by atoms with E-state index < -0.39 is 10.0 Å². The summed E-state index contributed by atoms with van der Waals surface area (Å²) < 4.78 is 28.4. The van der Waals surface area contributed by atoms with Gasteiger partial charge in [-0.3, -0.25) is 9.71 Å². The Bertz CT molecular complexity index is 955. The van der Waals surface area contributed by atoms with Crippen molar-refractivity contribution >= 4 is 42.5 Å². The minimum atomic E-state index is -3.68. The maximum Gasteiger partial charge on any atom is 0.263 e. The summed E-state index contributed by atoms with van der Waals surface area (Å²) in [6.45, 7) is 1.84. The number of benzene rings is 2. The number of halogens is 1. The van der Waals surface area contributed by atoms with Crippen LogP contribution in [0.2, 0.25) is 0 Å². The zero-order valence-corrected chi connectivity index (χ0v) is 14.1. The maximum absolute atomic E-state index is 12.6. The minimum Gasteiger partial charge on any atom is -0.279 e. The van der Waals surface area contributed by atoms with Gasteiger partial charge in [-0.15, -0.1) is 0 Å². The van der Waals surface area contributed by atoms with Gasteiger partial charge in [0, 0.05) is 15.6 Å². The molecule has 0 aliphatic rings. The standard InChI is InChI=1S/C16H13BrN2O2S/c1-11-10-15(12-6-2-4-8-14(12)18-11)19-22(20,21)16-9-5-3-7-13(16)17/h2-10H,1H3,(H,18,19). The highest BCUT2D eigenvalue weighted by Crippen LogP contribution is 2.28. The molecule has 0 saturated carbocycles. The number of nitrogens with one attached hydrogen (secondary N) is 1. The van der Waals surface area contributed by atoms with Crippen LogP contribution in [0.4, 0.5) is 5.69 Å². The lowest BCUT2D eigenvalue weighted by atomic mass is 10.2. The predicted molar refractivity (Wildman–Crippen MR) is 91.4 cm³/mol. The van der Waals surface area contributed by atoms with Gasteiger partial charge in [0.15, 0.2) is 0 Å². The molecule has 2 aromatic carbocycles. The number of rotatable bonds is 3. The van der Waals surface area contributed by atoms with Gasteiger partial charge < -0.3 is 0 Å². The van der Waals surface area contributed by atoms with Crippen molar-refractivity contribution in [2.24, 2.45) is 0 Å². The van der Waals surface area contributed by atoms with Gasteiger partial charge in [-0.05, 0) is 47.1 Å². The first-order valence-corrected chi connectivity index (χ1v) is 8.89. The first-order valence-electron chi connectivity index (χ1n) is 6.61. The molecule has 22 heavy (non-hydrogen) atoms. The molecule has 112 valence electrons. The molecule has 0 saturated heterocycles. The molecule has 1 aromatic heterocycles. The summed E-state index contributed by atoms with van der Waals surface area (Å²) >= 11 is 3.28. The molecule has 3 aromatic rings. The monoisotopic (exact) mass is 376 g/mol. The molecule has 1 heterocycles. The third-order valence-electron chi connectivity index (χ3n) is 3.21. The Morgan fingerprint density at radius 2 is 1.73 bits per heavy atom. The molecule has 0 unspecified atom stereocenters. The number of para-hydroxylation sites is 1. The van der Waals surface area contributed by atoms with Crippen LogP contribution >= 0.6 is 15.9 Å². The van der Waals surface area contributed by atoms with E-state index in [4.69, 9.17) is 0 Å². The number of hydrogen-bond acceptors (Lipinski definition) is 3. The Morgan fingerprint density at radius 1 is 1.05 bits per heavy atom. The van der Waals surface area contributed by atoms with E-state index in [1.165, 1.54) is 0 Å². The van der Waals surface area contributed by atoms with Gasteiger partial charge in [-0.25, -0.2) is 8.42 Å². The highest BCUT2D eigenvalue weighted by molar-refractivity contribution is 9.10. The van der Waals surface area contributed by atoms with Gasteiger partial charge in [-0.2, -0.15) is 0 Å². The van der Waals surface area contributed by atoms with Crippen molar-refractivity contribution < 1.29 is 8.42 Å². The second-order valence-corrected chi connectivity index (χ2v) is 7.37. The number of fused-ring (bicyclic) bond motifs is 1. The van der Waals surface area contributed by atoms with E-state index in [0.29, 0.717) is 10.2 Å². The van der Waals surface area contributed by atoms with Crippen molar-refractivity contribution in [2.45, 2.75) is 11.8 Å². The Labute approximate surface area is 137 Å². The summed E-state index contributed by atoms with van der Waals surface area (Å²) in [5, 5.41) is 0.767. The Morgan fingerprint density at radius 3 is 2.50 bits per heavy atom. The Kier molecular flexibility index (Phi) is 3.88. The van der Waals surface area contributed by atoms with E-state index in [9.17, 15) is 8.42 Å². The van der Waals surface area contributed by atoms with E-state index in [0.717, 1.165) is 16.6 Å². The van der Waals surface area contributed by atoms with Gasteiger partial charge in [0.25, 0.3) is 10.0 Å². The zero-order valence-electron chi connectivity index (χ0n) is 11.7. The fourth-order valence-corrected chi connectivity index (χ4v) is 4.33. The summed E-state index contributed by atoms with van der Waals surface area (Å²) in [6.07, 6.45) is 0. The van der Waals surface area contributed by atoms with Crippen LogP contribution < -0.4 is 4.72 Å². The fraction of sp³-hybridized carbons (Fsp3) is 0.0625. The van der Waals surface area contributed by atoms with Crippen LogP contribution in [0, 0.1) is 6.92 Å². The third-order valence-corrected chi connectivity index (χ3v) is 5.59. The number of aromatic nitrogens is 1. The zero-order chi connectivity index (χ0) is 15.7. The molecule has 0 radical (unpaired) electrons. The van der Waals surface area contributed by atoms with Gasteiger partial charge in [0.1, 0.15) is 4.90 Å². The van der Waals surface area contributed by atoms with Crippen LogP contribution in [0.5, 0.6) is 0 Å². The van der Waals surface area contributed by atoms with E-state index in [1.807, 2.05) is 31.2 Å². The van der Waals surface area contributed by atoms with Crippen molar-refractivity contribution in [3.8, 4) is 0 Å². The minimum absolute atomic E-state index is 0.202. The maximum atomic E-state index is 12.6. The molecule has 3 rings (SSSR count). The third kappa shape index (κ3) is 2.84. The number of pyridine rings is 1. The highest BCUT2D eigenvalue weighted by atomic mass is 79.9.